The number of ether oxygens (including phenoxy) is 2. The van der Waals surface area contributed by atoms with Gasteiger partial charge in [-0.1, -0.05) is 17.7 Å². The molecule has 2 amide bonds. The minimum absolute atomic E-state index is 0.0125. The fourth-order valence-corrected chi connectivity index (χ4v) is 4.01. The number of nitrogens with zero attached hydrogens (tertiary/aromatic N) is 1. The van der Waals surface area contributed by atoms with Crippen LogP contribution in [0.25, 0.3) is 0 Å². The van der Waals surface area contributed by atoms with E-state index in [4.69, 9.17) is 21.1 Å². The smallest absolute Gasteiger partial charge is 0.407 e. The van der Waals surface area contributed by atoms with E-state index in [1.54, 1.807) is 0 Å². The number of halogens is 1. The molecule has 0 aromatic heterocycles. The molecule has 0 atom stereocenters. The summed E-state index contributed by atoms with van der Waals surface area (Å²) in [4.78, 5) is 25.4. The van der Waals surface area contributed by atoms with Crippen molar-refractivity contribution in [3.05, 3.63) is 34.3 Å². The molecular formula is C18H21ClN2O4. The molecule has 1 aliphatic carbocycles. The molecule has 1 spiro atoms. The van der Waals surface area contributed by atoms with E-state index >= 15 is 0 Å². The Kier molecular flexibility index (Phi) is 4.12. The van der Waals surface area contributed by atoms with Crippen molar-refractivity contribution >= 4 is 23.6 Å². The highest BCUT2D eigenvalue weighted by atomic mass is 35.5. The number of alkyl carbamates (subject to hydrolysis) is 1. The Balaban J connectivity index is 1.20. The van der Waals surface area contributed by atoms with Gasteiger partial charge in [-0.25, -0.2) is 4.79 Å². The highest BCUT2D eigenvalue weighted by Gasteiger charge is 2.54. The first-order valence-corrected chi connectivity index (χ1v) is 8.92. The molecule has 3 aliphatic rings. The zero-order valence-corrected chi connectivity index (χ0v) is 14.8. The Morgan fingerprint density at radius 3 is 2.84 bits per heavy atom. The molecule has 1 aromatic carbocycles. The van der Waals surface area contributed by atoms with Gasteiger partial charge in [-0.05, 0) is 43.0 Å². The second-order valence-electron chi connectivity index (χ2n) is 7.33. The summed E-state index contributed by atoms with van der Waals surface area (Å²) in [5.41, 5.74) is 1.93. The van der Waals surface area contributed by atoms with Gasteiger partial charge in [0.2, 0.25) is 5.91 Å². The summed E-state index contributed by atoms with van der Waals surface area (Å²) >= 11 is 5.96. The number of cyclic esters (lactones) is 1. The van der Waals surface area contributed by atoms with Crippen LogP contribution < -0.4 is 5.32 Å². The SMILES string of the molecule is Cc1cc(Cl)ccc1COC1CN(C(=O)[C@H]2C[C@@]3(COC(=O)N3)C2)C1. The lowest BCUT2D eigenvalue weighted by Gasteiger charge is -2.47. The van der Waals surface area contributed by atoms with Crippen molar-refractivity contribution in [3.8, 4) is 0 Å². The van der Waals surface area contributed by atoms with Gasteiger partial charge in [0.15, 0.2) is 0 Å². The summed E-state index contributed by atoms with van der Waals surface area (Å²) in [5.74, 6) is 0.149. The van der Waals surface area contributed by atoms with Gasteiger partial charge in [-0.3, -0.25) is 4.79 Å². The van der Waals surface area contributed by atoms with E-state index in [2.05, 4.69) is 5.32 Å². The van der Waals surface area contributed by atoms with Crippen LogP contribution in [0.5, 0.6) is 0 Å². The maximum absolute atomic E-state index is 12.4. The lowest BCUT2D eigenvalue weighted by Crippen LogP contribution is -2.62. The number of rotatable bonds is 4. The number of hydrogen-bond acceptors (Lipinski definition) is 4. The highest BCUT2D eigenvalue weighted by molar-refractivity contribution is 6.30. The maximum Gasteiger partial charge on any atom is 0.407 e. The van der Waals surface area contributed by atoms with Crippen LogP contribution in [0, 0.1) is 12.8 Å². The van der Waals surface area contributed by atoms with Crippen LogP contribution in [-0.4, -0.2) is 48.2 Å². The molecule has 1 N–H and O–H groups in total. The molecule has 2 saturated heterocycles. The van der Waals surface area contributed by atoms with E-state index in [9.17, 15) is 9.59 Å². The second kappa shape index (κ2) is 6.18. The lowest BCUT2D eigenvalue weighted by atomic mass is 9.68. The predicted molar refractivity (Wildman–Crippen MR) is 91.3 cm³/mol. The summed E-state index contributed by atoms with van der Waals surface area (Å²) in [6.45, 7) is 4.20. The van der Waals surface area contributed by atoms with Crippen molar-refractivity contribution in [1.29, 1.82) is 0 Å². The van der Waals surface area contributed by atoms with Gasteiger partial charge < -0.3 is 19.7 Å². The fourth-order valence-electron chi connectivity index (χ4n) is 3.78. The first kappa shape index (κ1) is 16.7. The van der Waals surface area contributed by atoms with Gasteiger partial charge in [0.25, 0.3) is 0 Å². The van der Waals surface area contributed by atoms with Gasteiger partial charge in [-0.15, -0.1) is 0 Å². The minimum Gasteiger partial charge on any atom is -0.447 e. The molecule has 4 rings (SSSR count). The Morgan fingerprint density at radius 2 is 2.20 bits per heavy atom. The quantitative estimate of drug-likeness (QED) is 0.889. The Morgan fingerprint density at radius 1 is 1.44 bits per heavy atom. The largest absolute Gasteiger partial charge is 0.447 e. The van der Waals surface area contributed by atoms with Crippen LogP contribution in [0.2, 0.25) is 5.02 Å². The third kappa shape index (κ3) is 3.20. The first-order chi connectivity index (χ1) is 11.9. The van der Waals surface area contributed by atoms with Crippen molar-refractivity contribution in [2.24, 2.45) is 5.92 Å². The average molecular weight is 365 g/mol. The monoisotopic (exact) mass is 364 g/mol. The van der Waals surface area contributed by atoms with Crippen LogP contribution in [0.3, 0.4) is 0 Å². The van der Waals surface area contributed by atoms with Crippen molar-refractivity contribution in [3.63, 3.8) is 0 Å². The molecule has 25 heavy (non-hydrogen) atoms. The van der Waals surface area contributed by atoms with Gasteiger partial charge in [0.05, 0.1) is 18.2 Å². The van der Waals surface area contributed by atoms with Gasteiger partial charge in [0, 0.05) is 24.0 Å². The average Bonchev–Trinajstić information content (AvgIpc) is 2.88. The van der Waals surface area contributed by atoms with Crippen LogP contribution >= 0.6 is 11.6 Å². The summed E-state index contributed by atoms with van der Waals surface area (Å²) in [7, 11) is 0. The Bertz CT molecular complexity index is 711. The normalized spacial score (nSPS) is 28.3. The number of likely N-dealkylation sites (tertiary alicyclic amines) is 1. The number of benzene rings is 1. The first-order valence-electron chi connectivity index (χ1n) is 8.54. The minimum atomic E-state index is -0.374. The second-order valence-corrected chi connectivity index (χ2v) is 7.77. The maximum atomic E-state index is 12.4. The molecular weight excluding hydrogens is 344 g/mol. The third-order valence-corrected chi connectivity index (χ3v) is 5.64. The number of carbonyl (C=O) groups excluding carboxylic acids is 2. The topological polar surface area (TPSA) is 67.9 Å². The van der Waals surface area contributed by atoms with Crippen LogP contribution in [0.15, 0.2) is 18.2 Å². The summed E-state index contributed by atoms with van der Waals surface area (Å²) in [6, 6.07) is 5.77. The van der Waals surface area contributed by atoms with Gasteiger partial charge in [0.1, 0.15) is 6.61 Å². The highest BCUT2D eigenvalue weighted by Crippen LogP contribution is 2.42. The summed E-state index contributed by atoms with van der Waals surface area (Å²) in [6.07, 6.45) is 1.05. The van der Waals surface area contributed by atoms with E-state index in [0.717, 1.165) is 16.1 Å². The molecule has 2 aliphatic heterocycles. The molecule has 1 aromatic rings. The van der Waals surface area contributed by atoms with Crippen molar-refractivity contribution < 1.29 is 19.1 Å². The molecule has 7 heteroatoms. The Hall–Kier alpha value is -1.79. The molecule has 6 nitrogen and oxygen atoms in total. The Labute approximate surface area is 151 Å². The predicted octanol–water partition coefficient (Wildman–Crippen LogP) is 2.26. The molecule has 1 saturated carbocycles. The lowest BCUT2D eigenvalue weighted by molar-refractivity contribution is -0.155. The van der Waals surface area contributed by atoms with E-state index in [-0.39, 0.29) is 29.6 Å². The van der Waals surface area contributed by atoms with Crippen molar-refractivity contribution in [1.82, 2.24) is 10.2 Å². The van der Waals surface area contributed by atoms with Crippen LogP contribution in [0.4, 0.5) is 4.79 Å². The number of carbonyl (C=O) groups is 2. The van der Waals surface area contributed by atoms with E-state index in [1.807, 2.05) is 30.0 Å². The zero-order valence-electron chi connectivity index (χ0n) is 14.1. The molecule has 2 heterocycles. The van der Waals surface area contributed by atoms with Gasteiger partial charge in [-0.2, -0.15) is 0 Å². The summed E-state index contributed by atoms with van der Waals surface area (Å²) in [5, 5.41) is 3.54. The number of hydrogen-bond donors (Lipinski definition) is 1. The van der Waals surface area contributed by atoms with Crippen LogP contribution in [-0.2, 0) is 20.9 Å². The molecule has 0 radical (unpaired) electrons. The standard InChI is InChI=1S/C18H21ClN2O4/c1-11-4-14(19)3-2-12(11)9-24-15-7-21(8-15)16(22)13-5-18(6-13)10-25-17(23)20-18/h2-4,13,15H,5-10H2,1H3,(H,20,23)/t13-,18-. The molecule has 0 unspecified atom stereocenters. The molecule has 134 valence electrons. The number of nitrogens with one attached hydrogen (secondary N) is 1. The summed E-state index contributed by atoms with van der Waals surface area (Å²) < 4.78 is 10.8. The van der Waals surface area contributed by atoms with E-state index < -0.39 is 0 Å². The van der Waals surface area contributed by atoms with E-state index in [1.165, 1.54) is 0 Å². The van der Waals surface area contributed by atoms with Gasteiger partial charge >= 0.3 is 6.09 Å². The fraction of sp³-hybridized carbons (Fsp3) is 0.556. The third-order valence-electron chi connectivity index (χ3n) is 5.41. The number of aryl methyl sites for hydroxylation is 1. The zero-order chi connectivity index (χ0) is 17.6. The van der Waals surface area contributed by atoms with Crippen molar-refractivity contribution in [2.75, 3.05) is 19.7 Å². The molecule has 0 bridgehead atoms. The number of amides is 2. The van der Waals surface area contributed by atoms with Crippen molar-refractivity contribution in [2.45, 2.75) is 38.0 Å². The van der Waals surface area contributed by atoms with Crippen LogP contribution in [0.1, 0.15) is 24.0 Å². The molecule has 3 fully saturated rings. The van der Waals surface area contributed by atoms with E-state index in [0.29, 0.717) is 39.1 Å².